The van der Waals surface area contributed by atoms with Crippen LogP contribution in [0, 0.1) is 0 Å². The smallest absolute Gasteiger partial charge is 0.326 e. The number of halogens is 1. The van der Waals surface area contributed by atoms with E-state index in [1.54, 1.807) is 17.0 Å². The van der Waals surface area contributed by atoms with Gasteiger partial charge in [0.05, 0.1) is 17.3 Å². The number of hydrogen-bond acceptors (Lipinski definition) is 4. The largest absolute Gasteiger partial charge is 0.334 e. The van der Waals surface area contributed by atoms with Crippen LogP contribution in [0.3, 0.4) is 0 Å². The molecule has 4 aromatic rings. The van der Waals surface area contributed by atoms with Crippen molar-refractivity contribution in [3.05, 3.63) is 106 Å². The van der Waals surface area contributed by atoms with Crippen molar-refractivity contribution in [2.45, 2.75) is 39.7 Å². The van der Waals surface area contributed by atoms with E-state index in [4.69, 9.17) is 21.1 Å². The van der Waals surface area contributed by atoms with Crippen LogP contribution in [0.4, 0.5) is 10.5 Å². The van der Waals surface area contributed by atoms with E-state index in [1.807, 2.05) is 43.3 Å². The number of nitrogens with zero attached hydrogens (tertiary/aromatic N) is 3. The number of amides is 2. The normalized spacial score (nSPS) is 15.8. The zero-order chi connectivity index (χ0) is 25.2. The van der Waals surface area contributed by atoms with Crippen LogP contribution in [0.15, 0.2) is 83.0 Å². The summed E-state index contributed by atoms with van der Waals surface area (Å²) in [5.74, 6) is 0.859. The second-order valence-corrected chi connectivity index (χ2v) is 9.20. The van der Waals surface area contributed by atoms with Gasteiger partial charge in [0.2, 0.25) is 5.82 Å². The third kappa shape index (κ3) is 4.52. The number of aryl methyl sites for hydroxylation is 2. The number of rotatable bonds is 6. The van der Waals surface area contributed by atoms with E-state index < -0.39 is 6.04 Å². The zero-order valence-corrected chi connectivity index (χ0v) is 21.2. The van der Waals surface area contributed by atoms with E-state index in [9.17, 15) is 4.79 Å². The minimum atomic E-state index is -0.449. The maximum atomic E-state index is 13.4. The molecule has 1 N–H and O–H groups in total. The highest BCUT2D eigenvalue weighted by molar-refractivity contribution is 6.31. The SMILES string of the molecule is CCc1ccc(-c2noc(C3=C(C)N(c4cccc(Cl)c4)C(=O)NC3c3ccc(CC)cc3)n2)cc1. The first-order valence-electron chi connectivity index (χ1n) is 12.1. The molecule has 2 heterocycles. The van der Waals surface area contributed by atoms with Gasteiger partial charge in [0.15, 0.2) is 0 Å². The van der Waals surface area contributed by atoms with Crippen LogP contribution in [-0.2, 0) is 12.8 Å². The number of hydrogen-bond donors (Lipinski definition) is 1. The molecule has 0 saturated heterocycles. The van der Waals surface area contributed by atoms with Crippen LogP contribution in [-0.4, -0.2) is 16.2 Å². The number of aromatic nitrogens is 2. The Balaban J connectivity index is 1.62. The molecule has 0 spiro atoms. The van der Waals surface area contributed by atoms with Gasteiger partial charge in [0.25, 0.3) is 5.89 Å². The molecule has 182 valence electrons. The highest BCUT2D eigenvalue weighted by atomic mass is 35.5. The van der Waals surface area contributed by atoms with Crippen LogP contribution in [0.1, 0.15) is 49.4 Å². The first-order valence-corrected chi connectivity index (χ1v) is 12.5. The number of anilines is 1. The van der Waals surface area contributed by atoms with E-state index in [1.165, 1.54) is 11.1 Å². The van der Waals surface area contributed by atoms with Gasteiger partial charge in [0.1, 0.15) is 0 Å². The van der Waals surface area contributed by atoms with Gasteiger partial charge >= 0.3 is 6.03 Å². The van der Waals surface area contributed by atoms with Crippen molar-refractivity contribution in [2.24, 2.45) is 0 Å². The van der Waals surface area contributed by atoms with Crippen molar-refractivity contribution in [1.29, 1.82) is 0 Å². The van der Waals surface area contributed by atoms with Crippen molar-refractivity contribution in [3.8, 4) is 11.4 Å². The Hall–Kier alpha value is -3.90. The molecule has 3 aromatic carbocycles. The lowest BCUT2D eigenvalue weighted by Crippen LogP contribution is -2.46. The maximum absolute atomic E-state index is 13.4. The summed E-state index contributed by atoms with van der Waals surface area (Å²) in [7, 11) is 0. The van der Waals surface area contributed by atoms with Crippen molar-refractivity contribution >= 4 is 28.9 Å². The minimum Gasteiger partial charge on any atom is -0.334 e. The molecule has 0 bridgehead atoms. The van der Waals surface area contributed by atoms with Gasteiger partial charge in [-0.15, -0.1) is 0 Å². The Kier molecular flexibility index (Phi) is 6.61. The number of allylic oxidation sites excluding steroid dienone is 1. The molecule has 0 aliphatic carbocycles. The summed E-state index contributed by atoms with van der Waals surface area (Å²) in [5, 5.41) is 7.95. The van der Waals surface area contributed by atoms with Crippen molar-refractivity contribution < 1.29 is 9.32 Å². The van der Waals surface area contributed by atoms with E-state index in [0.717, 1.165) is 29.5 Å². The molecule has 0 radical (unpaired) electrons. The number of benzene rings is 3. The van der Waals surface area contributed by atoms with Crippen molar-refractivity contribution in [2.75, 3.05) is 4.90 Å². The Morgan fingerprint density at radius 1 is 0.972 bits per heavy atom. The molecule has 1 unspecified atom stereocenters. The van der Waals surface area contributed by atoms with Gasteiger partial charge in [0, 0.05) is 16.3 Å². The second-order valence-electron chi connectivity index (χ2n) is 8.77. The van der Waals surface area contributed by atoms with Crippen LogP contribution in [0.5, 0.6) is 0 Å². The number of urea groups is 1. The highest BCUT2D eigenvalue weighted by Crippen LogP contribution is 2.39. The lowest BCUT2D eigenvalue weighted by molar-refractivity contribution is 0.244. The second kappa shape index (κ2) is 9.99. The van der Waals surface area contributed by atoms with Gasteiger partial charge in [-0.25, -0.2) is 4.79 Å². The zero-order valence-electron chi connectivity index (χ0n) is 20.5. The lowest BCUT2D eigenvalue weighted by atomic mass is 9.93. The molecular formula is C29H27ClN4O2. The van der Waals surface area contributed by atoms with Gasteiger partial charge in [-0.2, -0.15) is 4.98 Å². The molecule has 1 aliphatic rings. The van der Waals surface area contributed by atoms with E-state index >= 15 is 0 Å². The summed E-state index contributed by atoms with van der Waals surface area (Å²) in [4.78, 5) is 19.7. The Morgan fingerprint density at radius 2 is 1.64 bits per heavy atom. The fourth-order valence-corrected chi connectivity index (χ4v) is 4.67. The predicted octanol–water partition coefficient (Wildman–Crippen LogP) is 7.22. The van der Waals surface area contributed by atoms with Crippen LogP contribution in [0.25, 0.3) is 17.0 Å². The summed E-state index contributed by atoms with van der Waals surface area (Å²) < 4.78 is 5.80. The lowest BCUT2D eigenvalue weighted by Gasteiger charge is -2.35. The van der Waals surface area contributed by atoms with Gasteiger partial charge in [-0.05, 0) is 54.7 Å². The fourth-order valence-electron chi connectivity index (χ4n) is 4.48. The Labute approximate surface area is 215 Å². The summed E-state index contributed by atoms with van der Waals surface area (Å²) in [5.41, 5.74) is 6.36. The summed E-state index contributed by atoms with van der Waals surface area (Å²) in [6, 6.07) is 22.8. The molecule has 0 saturated carbocycles. The van der Waals surface area contributed by atoms with Crippen molar-refractivity contribution in [1.82, 2.24) is 15.5 Å². The third-order valence-electron chi connectivity index (χ3n) is 6.55. The van der Waals surface area contributed by atoms with Crippen molar-refractivity contribution in [3.63, 3.8) is 0 Å². The summed E-state index contributed by atoms with van der Waals surface area (Å²) >= 11 is 6.24. The average Bonchev–Trinajstić information content (AvgIpc) is 3.38. The molecule has 0 fully saturated rings. The molecule has 1 atom stereocenters. The number of carbonyl (C=O) groups is 1. The average molecular weight is 499 g/mol. The molecule has 36 heavy (non-hydrogen) atoms. The fraction of sp³-hybridized carbons (Fsp3) is 0.207. The first-order chi connectivity index (χ1) is 17.5. The number of carbonyl (C=O) groups excluding carboxylic acids is 1. The Morgan fingerprint density at radius 3 is 2.28 bits per heavy atom. The van der Waals surface area contributed by atoms with E-state index in [0.29, 0.717) is 28.1 Å². The van der Waals surface area contributed by atoms with Gasteiger partial charge < -0.3 is 9.84 Å². The molecule has 7 heteroatoms. The maximum Gasteiger partial charge on any atom is 0.326 e. The summed E-state index contributed by atoms with van der Waals surface area (Å²) in [6.45, 7) is 6.12. The third-order valence-corrected chi connectivity index (χ3v) is 6.78. The molecule has 1 aromatic heterocycles. The molecule has 5 rings (SSSR count). The first kappa shape index (κ1) is 23.8. The van der Waals surface area contributed by atoms with Crippen LogP contribution >= 0.6 is 11.6 Å². The van der Waals surface area contributed by atoms with Crippen LogP contribution in [0.2, 0.25) is 5.02 Å². The molecule has 6 nitrogen and oxygen atoms in total. The minimum absolute atomic E-state index is 0.252. The monoisotopic (exact) mass is 498 g/mol. The standard InChI is InChI=1S/C29H27ClN4O2/c1-4-19-9-13-21(14-10-19)26-25(18(3)34(29(35)31-26)24-8-6-7-23(30)17-24)28-32-27(33-36-28)22-15-11-20(5-2)12-16-22/h6-17,26H,4-5H2,1-3H3,(H,31,35). The van der Waals surface area contributed by atoms with Crippen LogP contribution < -0.4 is 10.2 Å². The predicted molar refractivity (Wildman–Crippen MR) is 143 cm³/mol. The van der Waals surface area contributed by atoms with Gasteiger partial charge in [-0.3, -0.25) is 4.90 Å². The van der Waals surface area contributed by atoms with E-state index in [2.05, 4.69) is 48.6 Å². The highest BCUT2D eigenvalue weighted by Gasteiger charge is 2.36. The topological polar surface area (TPSA) is 71.3 Å². The quantitative estimate of drug-likeness (QED) is 0.304. The van der Waals surface area contributed by atoms with E-state index in [-0.39, 0.29) is 6.03 Å². The molecular weight excluding hydrogens is 472 g/mol. The van der Waals surface area contributed by atoms with Gasteiger partial charge in [-0.1, -0.05) is 85.2 Å². The number of nitrogens with one attached hydrogen (secondary N) is 1. The molecule has 1 aliphatic heterocycles. The summed E-state index contributed by atoms with van der Waals surface area (Å²) in [6.07, 6.45) is 1.90. The Bertz CT molecular complexity index is 1420. The molecule has 2 amide bonds.